The largest absolute Gasteiger partial charge is 0.326 e. The van der Waals surface area contributed by atoms with E-state index >= 15 is 0 Å². The SMILES string of the molecule is NC1CC(=O)N(c2nc(Cl)cc(Cl)n2)C1. The third-order valence-corrected chi connectivity index (χ3v) is 2.44. The second kappa shape index (κ2) is 3.92. The van der Waals surface area contributed by atoms with E-state index in [1.807, 2.05) is 0 Å². The number of carbonyl (C=O) groups is 1. The Balaban J connectivity index is 2.33. The molecule has 1 aromatic rings. The van der Waals surface area contributed by atoms with E-state index in [0.717, 1.165) is 0 Å². The second-order valence-electron chi connectivity index (χ2n) is 3.28. The summed E-state index contributed by atoms with van der Waals surface area (Å²) in [5.74, 6) is 0.103. The Hall–Kier alpha value is -0.910. The molecule has 0 aliphatic carbocycles. The van der Waals surface area contributed by atoms with Crippen LogP contribution in [0.2, 0.25) is 10.3 Å². The lowest BCUT2D eigenvalue weighted by atomic mass is 10.3. The fourth-order valence-electron chi connectivity index (χ4n) is 1.43. The molecule has 7 heteroatoms. The molecule has 1 saturated heterocycles. The van der Waals surface area contributed by atoms with Gasteiger partial charge in [-0.1, -0.05) is 23.2 Å². The van der Waals surface area contributed by atoms with Crippen LogP contribution in [0.1, 0.15) is 6.42 Å². The lowest BCUT2D eigenvalue weighted by Crippen LogP contribution is -2.29. The molecule has 0 saturated carbocycles. The molecular formula is C8H8Cl2N4O. The minimum atomic E-state index is -0.182. The first-order chi connectivity index (χ1) is 7.06. The van der Waals surface area contributed by atoms with Crippen molar-refractivity contribution in [3.63, 3.8) is 0 Å². The van der Waals surface area contributed by atoms with Crippen LogP contribution in [-0.2, 0) is 4.79 Å². The summed E-state index contributed by atoms with van der Waals surface area (Å²) in [4.78, 5) is 20.7. The Morgan fingerprint density at radius 3 is 2.47 bits per heavy atom. The van der Waals surface area contributed by atoms with E-state index in [-0.39, 0.29) is 28.2 Å². The molecule has 2 heterocycles. The van der Waals surface area contributed by atoms with E-state index < -0.39 is 0 Å². The number of anilines is 1. The maximum absolute atomic E-state index is 11.5. The Morgan fingerprint density at radius 2 is 2.00 bits per heavy atom. The summed E-state index contributed by atoms with van der Waals surface area (Å²) in [6, 6.07) is 1.23. The van der Waals surface area contributed by atoms with Gasteiger partial charge in [0.15, 0.2) is 0 Å². The van der Waals surface area contributed by atoms with E-state index in [0.29, 0.717) is 13.0 Å². The van der Waals surface area contributed by atoms with Crippen molar-refractivity contribution < 1.29 is 4.79 Å². The van der Waals surface area contributed by atoms with Gasteiger partial charge in [0.1, 0.15) is 10.3 Å². The van der Waals surface area contributed by atoms with Crippen LogP contribution >= 0.6 is 23.2 Å². The first-order valence-electron chi connectivity index (χ1n) is 4.32. The van der Waals surface area contributed by atoms with Crippen molar-refractivity contribution >= 4 is 35.1 Å². The maximum atomic E-state index is 11.5. The highest BCUT2D eigenvalue weighted by Crippen LogP contribution is 2.21. The number of rotatable bonds is 1. The highest BCUT2D eigenvalue weighted by atomic mass is 35.5. The minimum absolute atomic E-state index is 0.110. The Kier molecular flexibility index (Phi) is 2.77. The number of carbonyl (C=O) groups excluding carboxylic acids is 1. The molecular weight excluding hydrogens is 239 g/mol. The summed E-state index contributed by atoms with van der Waals surface area (Å²) in [7, 11) is 0. The molecule has 15 heavy (non-hydrogen) atoms. The van der Waals surface area contributed by atoms with E-state index in [2.05, 4.69) is 9.97 Å². The van der Waals surface area contributed by atoms with Crippen molar-refractivity contribution in [2.75, 3.05) is 11.4 Å². The van der Waals surface area contributed by atoms with Gasteiger partial charge in [-0.15, -0.1) is 0 Å². The number of amides is 1. The van der Waals surface area contributed by atoms with Crippen LogP contribution in [0.5, 0.6) is 0 Å². The van der Waals surface area contributed by atoms with Crippen molar-refractivity contribution in [2.24, 2.45) is 5.73 Å². The normalized spacial score (nSPS) is 21.1. The summed E-state index contributed by atoms with van der Waals surface area (Å²) in [6.07, 6.45) is 0.299. The smallest absolute Gasteiger partial charge is 0.235 e. The van der Waals surface area contributed by atoms with Crippen LogP contribution in [0.4, 0.5) is 5.95 Å². The average molecular weight is 247 g/mol. The predicted molar refractivity (Wildman–Crippen MR) is 57.0 cm³/mol. The van der Waals surface area contributed by atoms with Crippen LogP contribution in [0.25, 0.3) is 0 Å². The predicted octanol–water partition coefficient (Wildman–Crippen LogP) is 0.847. The van der Waals surface area contributed by atoms with E-state index in [4.69, 9.17) is 28.9 Å². The summed E-state index contributed by atoms with van der Waals surface area (Å²) in [6.45, 7) is 0.398. The fourth-order valence-corrected chi connectivity index (χ4v) is 1.84. The highest BCUT2D eigenvalue weighted by Gasteiger charge is 2.30. The first-order valence-corrected chi connectivity index (χ1v) is 5.08. The topological polar surface area (TPSA) is 72.1 Å². The number of hydrogen-bond donors (Lipinski definition) is 1. The maximum Gasteiger partial charge on any atom is 0.235 e. The van der Waals surface area contributed by atoms with Crippen LogP contribution < -0.4 is 10.6 Å². The number of hydrogen-bond acceptors (Lipinski definition) is 4. The van der Waals surface area contributed by atoms with E-state index in [9.17, 15) is 4.79 Å². The third kappa shape index (κ3) is 2.19. The quantitative estimate of drug-likeness (QED) is 0.746. The van der Waals surface area contributed by atoms with Crippen LogP contribution in [0.3, 0.4) is 0 Å². The fraction of sp³-hybridized carbons (Fsp3) is 0.375. The molecule has 1 aliphatic heterocycles. The van der Waals surface area contributed by atoms with Crippen molar-refractivity contribution in [1.82, 2.24) is 9.97 Å². The molecule has 5 nitrogen and oxygen atoms in total. The van der Waals surface area contributed by atoms with Crippen molar-refractivity contribution in [3.05, 3.63) is 16.4 Å². The molecule has 1 unspecified atom stereocenters. The summed E-state index contributed by atoms with van der Waals surface area (Å²) in [5.41, 5.74) is 5.64. The van der Waals surface area contributed by atoms with Gasteiger partial charge < -0.3 is 5.73 Å². The Bertz CT molecular complexity index is 391. The zero-order valence-corrected chi connectivity index (χ0v) is 9.16. The second-order valence-corrected chi connectivity index (χ2v) is 4.06. The molecule has 0 spiro atoms. The van der Waals surface area contributed by atoms with E-state index in [1.54, 1.807) is 0 Å². The van der Waals surface area contributed by atoms with Crippen molar-refractivity contribution in [2.45, 2.75) is 12.5 Å². The molecule has 0 radical (unpaired) electrons. The molecule has 80 valence electrons. The van der Waals surface area contributed by atoms with Crippen LogP contribution in [0.15, 0.2) is 6.07 Å². The zero-order chi connectivity index (χ0) is 11.0. The first kappa shape index (κ1) is 10.6. The Labute approximate surface area is 96.2 Å². The standard InChI is InChI=1S/C8H8Cl2N4O/c9-5-2-6(10)13-8(12-5)14-3-4(11)1-7(14)15/h2,4H,1,3,11H2. The molecule has 0 bridgehead atoms. The van der Waals surface area contributed by atoms with Crippen molar-refractivity contribution in [1.29, 1.82) is 0 Å². The van der Waals surface area contributed by atoms with Gasteiger partial charge in [-0.05, 0) is 0 Å². The molecule has 1 amide bonds. The highest BCUT2D eigenvalue weighted by molar-refractivity contribution is 6.33. The molecule has 0 aromatic carbocycles. The van der Waals surface area contributed by atoms with Gasteiger partial charge in [0, 0.05) is 25.1 Å². The molecule has 1 fully saturated rings. The molecule has 1 aliphatic rings. The molecule has 2 N–H and O–H groups in total. The van der Waals surface area contributed by atoms with Gasteiger partial charge in [-0.3, -0.25) is 9.69 Å². The summed E-state index contributed by atoms with van der Waals surface area (Å²) < 4.78 is 0. The monoisotopic (exact) mass is 246 g/mol. The van der Waals surface area contributed by atoms with Gasteiger partial charge in [0.2, 0.25) is 11.9 Å². The molecule has 1 atom stereocenters. The third-order valence-electron chi connectivity index (χ3n) is 2.05. The minimum Gasteiger partial charge on any atom is -0.326 e. The number of aromatic nitrogens is 2. The Morgan fingerprint density at radius 1 is 1.40 bits per heavy atom. The average Bonchev–Trinajstić information content (AvgIpc) is 2.43. The number of nitrogens with zero attached hydrogens (tertiary/aromatic N) is 3. The molecule has 2 rings (SSSR count). The van der Waals surface area contributed by atoms with Gasteiger partial charge in [0.05, 0.1) is 0 Å². The van der Waals surface area contributed by atoms with Gasteiger partial charge >= 0.3 is 0 Å². The lowest BCUT2D eigenvalue weighted by Gasteiger charge is -2.13. The van der Waals surface area contributed by atoms with Crippen LogP contribution in [0, 0.1) is 0 Å². The lowest BCUT2D eigenvalue weighted by molar-refractivity contribution is -0.117. The van der Waals surface area contributed by atoms with E-state index in [1.165, 1.54) is 11.0 Å². The number of nitrogens with two attached hydrogens (primary N) is 1. The summed E-state index contributed by atoms with van der Waals surface area (Å²) in [5, 5.41) is 0.413. The van der Waals surface area contributed by atoms with Gasteiger partial charge in [-0.2, -0.15) is 0 Å². The molecule has 1 aromatic heterocycles. The summed E-state index contributed by atoms with van der Waals surface area (Å²) >= 11 is 11.4. The zero-order valence-electron chi connectivity index (χ0n) is 7.65. The van der Waals surface area contributed by atoms with Gasteiger partial charge in [-0.25, -0.2) is 9.97 Å². The van der Waals surface area contributed by atoms with Crippen molar-refractivity contribution in [3.8, 4) is 0 Å². The van der Waals surface area contributed by atoms with Crippen LogP contribution in [-0.4, -0.2) is 28.5 Å². The van der Waals surface area contributed by atoms with Gasteiger partial charge in [0.25, 0.3) is 0 Å². The number of halogens is 2.